The monoisotopic (exact) mass is 194 g/mol. The van der Waals surface area contributed by atoms with Crippen molar-refractivity contribution in [1.82, 2.24) is 0 Å². The van der Waals surface area contributed by atoms with Gasteiger partial charge in [-0.15, -0.1) is 0 Å². The van der Waals surface area contributed by atoms with E-state index in [1.54, 1.807) is 0 Å². The first-order chi connectivity index (χ1) is 6.60. The van der Waals surface area contributed by atoms with E-state index in [2.05, 4.69) is 26.5 Å². The van der Waals surface area contributed by atoms with Crippen molar-refractivity contribution < 1.29 is 0 Å². The normalized spacial score (nSPS) is 11.0. The van der Waals surface area contributed by atoms with E-state index in [0.29, 0.717) is 5.57 Å². The molecule has 0 bridgehead atoms. The molecule has 0 rings (SSSR count). The van der Waals surface area contributed by atoms with E-state index in [-0.39, 0.29) is 0 Å². The Labute approximate surface area is 87.8 Å². The Morgan fingerprint density at radius 2 is 1.71 bits per heavy atom. The molecule has 0 saturated carbocycles. The zero-order chi connectivity index (χ0) is 11.0. The zero-order valence-electron chi connectivity index (χ0n) is 9.47. The highest BCUT2D eigenvalue weighted by atomic mass is 14.7. The second kappa shape index (κ2) is 6.62. The quantitative estimate of drug-likeness (QED) is 0.633. The van der Waals surface area contributed by atoms with Gasteiger partial charge in [0.1, 0.15) is 0 Å². The molecule has 0 amide bonds. The Kier molecular flexibility index (Phi) is 6.23. The Morgan fingerprint density at radius 1 is 1.29 bits per heavy atom. The lowest BCUT2D eigenvalue weighted by molar-refractivity contribution is 0.407. The molecular formula is C12H22N2. The summed E-state index contributed by atoms with van der Waals surface area (Å²) in [6.45, 7) is 8.03. The Balaban J connectivity index is 4.34. The van der Waals surface area contributed by atoms with Crippen LogP contribution in [0.1, 0.15) is 52.4 Å². The van der Waals surface area contributed by atoms with Crippen LogP contribution in [0.2, 0.25) is 0 Å². The summed E-state index contributed by atoms with van der Waals surface area (Å²) in [4.78, 5) is 0. The smallest absolute Gasteiger partial charge is 0.0960 e. The van der Waals surface area contributed by atoms with Crippen molar-refractivity contribution in [2.24, 2.45) is 5.73 Å². The molecule has 0 spiro atoms. The second-order valence-electron chi connectivity index (χ2n) is 3.95. The molecule has 0 heterocycles. The fourth-order valence-corrected chi connectivity index (χ4v) is 1.52. The van der Waals surface area contributed by atoms with Crippen molar-refractivity contribution in [3.8, 4) is 6.07 Å². The number of nitrogens with two attached hydrogens (primary N) is 1. The van der Waals surface area contributed by atoms with Crippen LogP contribution < -0.4 is 5.73 Å². The van der Waals surface area contributed by atoms with E-state index < -0.39 is 5.54 Å². The fraction of sp³-hybridized carbons (Fsp3) is 0.750. The van der Waals surface area contributed by atoms with Crippen LogP contribution in [0.15, 0.2) is 12.2 Å². The van der Waals surface area contributed by atoms with E-state index in [1.807, 2.05) is 0 Å². The van der Waals surface area contributed by atoms with Gasteiger partial charge in [-0.25, -0.2) is 0 Å². The Bertz CT molecular complexity index is 205. The molecule has 2 N–H and O–H groups in total. The first-order valence-corrected chi connectivity index (χ1v) is 5.49. The first-order valence-electron chi connectivity index (χ1n) is 5.49. The van der Waals surface area contributed by atoms with Gasteiger partial charge >= 0.3 is 0 Å². The van der Waals surface area contributed by atoms with Gasteiger partial charge in [0.05, 0.1) is 11.6 Å². The van der Waals surface area contributed by atoms with Gasteiger partial charge in [-0.05, 0) is 12.8 Å². The van der Waals surface area contributed by atoms with Crippen molar-refractivity contribution in [2.45, 2.75) is 57.9 Å². The first kappa shape index (κ1) is 13.2. The lowest BCUT2D eigenvalue weighted by atomic mass is 9.82. The topological polar surface area (TPSA) is 49.8 Å². The minimum absolute atomic E-state index is 0.444. The van der Waals surface area contributed by atoms with Crippen molar-refractivity contribution in [2.75, 3.05) is 0 Å². The van der Waals surface area contributed by atoms with Crippen LogP contribution in [0.4, 0.5) is 0 Å². The molecule has 0 saturated heterocycles. The summed E-state index contributed by atoms with van der Waals surface area (Å²) in [5, 5.41) is 8.84. The van der Waals surface area contributed by atoms with Crippen LogP contribution in [0, 0.1) is 11.3 Å². The minimum Gasteiger partial charge on any atom is -0.321 e. The highest BCUT2D eigenvalue weighted by Gasteiger charge is 2.26. The van der Waals surface area contributed by atoms with Gasteiger partial charge in [0.25, 0.3) is 0 Å². The standard InChI is InChI=1S/C12H22N2/c1-4-6-8-12(14,9-7-5-2)11(3)10-13/h3-9,14H2,1-2H3. The van der Waals surface area contributed by atoms with Crippen LogP contribution in [-0.4, -0.2) is 5.54 Å². The largest absolute Gasteiger partial charge is 0.321 e. The predicted molar refractivity (Wildman–Crippen MR) is 60.7 cm³/mol. The molecule has 0 atom stereocenters. The van der Waals surface area contributed by atoms with E-state index in [0.717, 1.165) is 38.5 Å². The van der Waals surface area contributed by atoms with Crippen LogP contribution in [0.5, 0.6) is 0 Å². The number of hydrogen-bond donors (Lipinski definition) is 1. The van der Waals surface area contributed by atoms with Gasteiger partial charge in [-0.1, -0.05) is 46.1 Å². The summed E-state index contributed by atoms with van der Waals surface area (Å²) in [5.41, 5.74) is 6.30. The molecule has 0 aromatic rings. The summed E-state index contributed by atoms with van der Waals surface area (Å²) in [6, 6.07) is 2.10. The second-order valence-corrected chi connectivity index (χ2v) is 3.95. The lowest BCUT2D eigenvalue weighted by Crippen LogP contribution is -2.41. The third-order valence-corrected chi connectivity index (χ3v) is 2.69. The van der Waals surface area contributed by atoms with Crippen molar-refractivity contribution >= 4 is 0 Å². The van der Waals surface area contributed by atoms with Gasteiger partial charge < -0.3 is 5.73 Å². The average Bonchev–Trinajstić information content (AvgIpc) is 2.22. The van der Waals surface area contributed by atoms with Gasteiger partial charge in [0.2, 0.25) is 0 Å². The van der Waals surface area contributed by atoms with Crippen LogP contribution in [0.3, 0.4) is 0 Å². The zero-order valence-corrected chi connectivity index (χ0v) is 9.47. The molecule has 0 unspecified atom stereocenters. The van der Waals surface area contributed by atoms with E-state index >= 15 is 0 Å². The highest BCUT2D eigenvalue weighted by molar-refractivity contribution is 5.29. The minimum atomic E-state index is -0.444. The van der Waals surface area contributed by atoms with Crippen LogP contribution in [-0.2, 0) is 0 Å². The maximum absolute atomic E-state index is 8.84. The SMILES string of the molecule is C=C(C#N)C(N)(CCCC)CCCC. The Hall–Kier alpha value is -0.810. The average molecular weight is 194 g/mol. The third kappa shape index (κ3) is 3.93. The van der Waals surface area contributed by atoms with Crippen LogP contribution in [0.25, 0.3) is 0 Å². The summed E-state index contributed by atoms with van der Waals surface area (Å²) in [6.07, 6.45) is 6.14. The molecule has 0 aromatic carbocycles. The van der Waals surface area contributed by atoms with Crippen molar-refractivity contribution in [3.63, 3.8) is 0 Å². The van der Waals surface area contributed by atoms with Crippen molar-refractivity contribution in [3.05, 3.63) is 12.2 Å². The summed E-state index contributed by atoms with van der Waals surface area (Å²) >= 11 is 0. The van der Waals surface area contributed by atoms with E-state index in [1.165, 1.54) is 0 Å². The number of rotatable bonds is 7. The molecule has 0 fully saturated rings. The molecule has 0 radical (unpaired) electrons. The molecule has 0 aromatic heterocycles. The summed E-state index contributed by atoms with van der Waals surface area (Å²) in [5.74, 6) is 0. The van der Waals surface area contributed by atoms with Gasteiger partial charge in [-0.2, -0.15) is 5.26 Å². The molecule has 2 nitrogen and oxygen atoms in total. The maximum atomic E-state index is 8.84. The number of nitriles is 1. The van der Waals surface area contributed by atoms with Gasteiger partial charge in [-0.3, -0.25) is 0 Å². The lowest BCUT2D eigenvalue weighted by Gasteiger charge is -2.28. The van der Waals surface area contributed by atoms with Gasteiger partial charge in [0.15, 0.2) is 0 Å². The van der Waals surface area contributed by atoms with E-state index in [4.69, 9.17) is 11.0 Å². The number of nitrogens with zero attached hydrogens (tertiary/aromatic N) is 1. The van der Waals surface area contributed by atoms with Gasteiger partial charge in [0, 0.05) is 5.57 Å². The molecule has 0 aliphatic heterocycles. The highest BCUT2D eigenvalue weighted by Crippen LogP contribution is 2.25. The molecule has 14 heavy (non-hydrogen) atoms. The number of hydrogen-bond acceptors (Lipinski definition) is 2. The molecule has 80 valence electrons. The predicted octanol–water partition coefficient (Wildman–Crippen LogP) is 3.14. The molecule has 0 aliphatic rings. The third-order valence-electron chi connectivity index (χ3n) is 2.69. The molecule has 0 aliphatic carbocycles. The van der Waals surface area contributed by atoms with Crippen molar-refractivity contribution in [1.29, 1.82) is 5.26 Å². The fourth-order valence-electron chi connectivity index (χ4n) is 1.52. The summed E-state index contributed by atoms with van der Waals surface area (Å²) < 4.78 is 0. The Morgan fingerprint density at radius 3 is 2.00 bits per heavy atom. The van der Waals surface area contributed by atoms with Crippen LogP contribution >= 0.6 is 0 Å². The summed E-state index contributed by atoms with van der Waals surface area (Å²) in [7, 11) is 0. The molecule has 2 heteroatoms. The van der Waals surface area contributed by atoms with E-state index in [9.17, 15) is 0 Å². The molecular weight excluding hydrogens is 172 g/mol. The maximum Gasteiger partial charge on any atom is 0.0960 e. The number of unbranched alkanes of at least 4 members (excludes halogenated alkanes) is 2.